The minimum absolute atomic E-state index is 0.00264. The van der Waals surface area contributed by atoms with E-state index in [1.54, 1.807) is 0 Å². The molecule has 2 aromatic carbocycles. The first-order valence-corrected chi connectivity index (χ1v) is 5.79. The number of aromatic hydroxyl groups is 1. The average molecular weight is 278 g/mol. The van der Waals surface area contributed by atoms with Crippen LogP contribution in [0.15, 0.2) is 36.4 Å². The van der Waals surface area contributed by atoms with Crippen LogP contribution in [0.25, 0.3) is 0 Å². The summed E-state index contributed by atoms with van der Waals surface area (Å²) in [6.07, 6.45) is 0. The number of rotatable bonds is 3. The lowest BCUT2D eigenvalue weighted by atomic mass is 10.1. The Bertz CT molecular complexity index is 660. The third-order valence-corrected chi connectivity index (χ3v) is 2.73. The average Bonchev–Trinajstić information content (AvgIpc) is 2.40. The van der Waals surface area contributed by atoms with Crippen molar-refractivity contribution in [2.75, 3.05) is 5.32 Å². The van der Waals surface area contributed by atoms with Crippen molar-refractivity contribution >= 4 is 11.6 Å². The van der Waals surface area contributed by atoms with E-state index in [1.807, 2.05) is 0 Å². The third kappa shape index (κ3) is 2.92. The van der Waals surface area contributed by atoms with E-state index in [4.69, 9.17) is 5.73 Å². The Morgan fingerprint density at radius 2 is 1.95 bits per heavy atom. The summed E-state index contributed by atoms with van der Waals surface area (Å²) in [5, 5.41) is 12.0. The summed E-state index contributed by atoms with van der Waals surface area (Å²) in [6, 6.07) is 7.01. The number of anilines is 1. The first-order chi connectivity index (χ1) is 9.51. The smallest absolute Gasteiger partial charge is 0.259 e. The van der Waals surface area contributed by atoms with Crippen LogP contribution in [0.3, 0.4) is 0 Å². The van der Waals surface area contributed by atoms with E-state index in [1.165, 1.54) is 18.2 Å². The second kappa shape index (κ2) is 5.66. The van der Waals surface area contributed by atoms with Gasteiger partial charge >= 0.3 is 0 Å². The lowest BCUT2D eigenvalue weighted by Crippen LogP contribution is -2.13. The van der Waals surface area contributed by atoms with E-state index in [2.05, 4.69) is 5.32 Å². The number of carbonyl (C=O) groups is 1. The van der Waals surface area contributed by atoms with Gasteiger partial charge in [0.05, 0.1) is 5.56 Å². The van der Waals surface area contributed by atoms with Crippen LogP contribution in [0.5, 0.6) is 5.75 Å². The number of benzene rings is 2. The highest BCUT2D eigenvalue weighted by Gasteiger charge is 2.12. The summed E-state index contributed by atoms with van der Waals surface area (Å²) >= 11 is 0. The summed E-state index contributed by atoms with van der Waals surface area (Å²) in [4.78, 5) is 11.9. The molecule has 104 valence electrons. The zero-order valence-corrected chi connectivity index (χ0v) is 10.4. The molecule has 0 aromatic heterocycles. The first-order valence-electron chi connectivity index (χ1n) is 5.79. The van der Waals surface area contributed by atoms with Crippen molar-refractivity contribution in [3.8, 4) is 5.75 Å². The van der Waals surface area contributed by atoms with Gasteiger partial charge in [0, 0.05) is 23.9 Å². The summed E-state index contributed by atoms with van der Waals surface area (Å²) in [5.41, 5.74) is 5.88. The number of hydrogen-bond donors (Lipinski definition) is 3. The van der Waals surface area contributed by atoms with Crippen molar-refractivity contribution in [2.45, 2.75) is 6.54 Å². The van der Waals surface area contributed by atoms with Crippen LogP contribution in [0.2, 0.25) is 0 Å². The lowest BCUT2D eigenvalue weighted by molar-refractivity contribution is 0.102. The Morgan fingerprint density at radius 3 is 2.60 bits per heavy atom. The highest BCUT2D eigenvalue weighted by Crippen LogP contribution is 2.20. The number of nitrogens with one attached hydrogen (secondary N) is 1. The van der Waals surface area contributed by atoms with Crippen molar-refractivity contribution in [3.05, 3.63) is 59.2 Å². The molecule has 0 saturated heterocycles. The van der Waals surface area contributed by atoms with Gasteiger partial charge in [-0.05, 0) is 30.3 Å². The molecule has 1 amide bonds. The van der Waals surface area contributed by atoms with E-state index in [0.29, 0.717) is 5.69 Å². The Kier molecular flexibility index (Phi) is 3.95. The fraction of sp³-hybridized carbons (Fsp3) is 0.0714. The topological polar surface area (TPSA) is 75.3 Å². The highest BCUT2D eigenvalue weighted by molar-refractivity contribution is 6.06. The third-order valence-electron chi connectivity index (χ3n) is 2.73. The fourth-order valence-corrected chi connectivity index (χ4v) is 1.70. The quantitative estimate of drug-likeness (QED) is 0.807. The van der Waals surface area contributed by atoms with Gasteiger partial charge in [-0.1, -0.05) is 0 Å². The molecule has 0 aliphatic rings. The van der Waals surface area contributed by atoms with Gasteiger partial charge in [-0.2, -0.15) is 0 Å². The largest absolute Gasteiger partial charge is 0.507 e. The molecule has 0 bridgehead atoms. The molecule has 0 aliphatic heterocycles. The number of nitrogens with two attached hydrogens (primary N) is 1. The molecule has 6 heteroatoms. The Labute approximate surface area is 113 Å². The number of hydrogen-bond acceptors (Lipinski definition) is 3. The van der Waals surface area contributed by atoms with E-state index >= 15 is 0 Å². The second-order valence-electron chi connectivity index (χ2n) is 4.13. The van der Waals surface area contributed by atoms with Gasteiger partial charge in [0.15, 0.2) is 0 Å². The number of phenols is 1. The van der Waals surface area contributed by atoms with Gasteiger partial charge in [0.1, 0.15) is 17.4 Å². The first kappa shape index (κ1) is 14.0. The second-order valence-corrected chi connectivity index (χ2v) is 4.13. The van der Waals surface area contributed by atoms with Crippen LogP contribution in [-0.4, -0.2) is 11.0 Å². The van der Waals surface area contributed by atoms with E-state index in [0.717, 1.165) is 18.2 Å². The standard InChI is InChI=1S/C14H12F2N2O2/c15-9-1-3-11(13(19)6-9)14(20)18-10-2-4-12(16)8(5-10)7-17/h1-6,19H,7,17H2,(H,18,20). The molecule has 2 rings (SSSR count). The van der Waals surface area contributed by atoms with Gasteiger partial charge in [-0.25, -0.2) is 8.78 Å². The van der Waals surface area contributed by atoms with Crippen LogP contribution in [0, 0.1) is 11.6 Å². The molecule has 0 radical (unpaired) electrons. The van der Waals surface area contributed by atoms with Crippen molar-refractivity contribution in [2.24, 2.45) is 5.73 Å². The summed E-state index contributed by atoms with van der Waals surface area (Å²) in [7, 11) is 0. The molecule has 4 nitrogen and oxygen atoms in total. The summed E-state index contributed by atoms with van der Waals surface area (Å²) < 4.78 is 26.1. The molecule has 0 unspecified atom stereocenters. The molecule has 0 saturated carbocycles. The van der Waals surface area contributed by atoms with E-state index in [9.17, 15) is 18.7 Å². The van der Waals surface area contributed by atoms with Gasteiger partial charge < -0.3 is 16.2 Å². The van der Waals surface area contributed by atoms with Crippen molar-refractivity contribution < 1.29 is 18.7 Å². The number of amides is 1. The molecule has 4 N–H and O–H groups in total. The maximum absolute atomic E-state index is 13.3. The molecular formula is C14H12F2N2O2. The van der Waals surface area contributed by atoms with Crippen molar-refractivity contribution in [1.82, 2.24) is 0 Å². The fourth-order valence-electron chi connectivity index (χ4n) is 1.70. The maximum atomic E-state index is 13.3. The Hall–Kier alpha value is -2.47. The molecular weight excluding hydrogens is 266 g/mol. The molecule has 0 atom stereocenters. The predicted molar refractivity (Wildman–Crippen MR) is 70.3 cm³/mol. The highest BCUT2D eigenvalue weighted by atomic mass is 19.1. The lowest BCUT2D eigenvalue weighted by Gasteiger charge is -2.08. The molecule has 0 aliphatic carbocycles. The monoisotopic (exact) mass is 278 g/mol. The zero-order valence-electron chi connectivity index (χ0n) is 10.4. The summed E-state index contributed by atoms with van der Waals surface area (Å²) in [6.45, 7) is -0.00264. The Morgan fingerprint density at radius 1 is 1.20 bits per heavy atom. The zero-order chi connectivity index (χ0) is 14.7. The number of carbonyl (C=O) groups excluding carboxylic acids is 1. The molecule has 2 aromatic rings. The van der Waals surface area contributed by atoms with Crippen LogP contribution in [-0.2, 0) is 6.54 Å². The molecule has 0 spiro atoms. The van der Waals surface area contributed by atoms with E-state index < -0.39 is 23.3 Å². The molecule has 0 heterocycles. The van der Waals surface area contributed by atoms with Gasteiger partial charge in [-0.15, -0.1) is 0 Å². The predicted octanol–water partition coefficient (Wildman–Crippen LogP) is 2.38. The summed E-state index contributed by atoms with van der Waals surface area (Å²) in [5.74, 6) is -2.21. The minimum atomic E-state index is -0.647. The van der Waals surface area contributed by atoms with Crippen molar-refractivity contribution in [1.29, 1.82) is 0 Å². The van der Waals surface area contributed by atoms with Crippen LogP contribution in [0.4, 0.5) is 14.5 Å². The molecule has 0 fully saturated rings. The van der Waals surface area contributed by atoms with Gasteiger partial charge in [-0.3, -0.25) is 4.79 Å². The SMILES string of the molecule is NCc1cc(NC(=O)c2ccc(F)cc2O)ccc1F. The van der Waals surface area contributed by atoms with Gasteiger partial charge in [0.2, 0.25) is 0 Å². The maximum Gasteiger partial charge on any atom is 0.259 e. The minimum Gasteiger partial charge on any atom is -0.507 e. The van der Waals surface area contributed by atoms with Gasteiger partial charge in [0.25, 0.3) is 5.91 Å². The van der Waals surface area contributed by atoms with Crippen LogP contribution >= 0.6 is 0 Å². The Balaban J connectivity index is 2.23. The number of phenolic OH excluding ortho intramolecular Hbond substituents is 1. The normalized spacial score (nSPS) is 10.3. The molecule has 20 heavy (non-hydrogen) atoms. The number of halogens is 2. The van der Waals surface area contributed by atoms with Crippen LogP contribution < -0.4 is 11.1 Å². The van der Waals surface area contributed by atoms with E-state index in [-0.39, 0.29) is 17.7 Å². The van der Waals surface area contributed by atoms with Crippen LogP contribution in [0.1, 0.15) is 15.9 Å². The van der Waals surface area contributed by atoms with Crippen molar-refractivity contribution in [3.63, 3.8) is 0 Å².